The molecule has 0 fully saturated rings. The van der Waals surface area contributed by atoms with Crippen molar-refractivity contribution < 1.29 is 20.0 Å². The van der Waals surface area contributed by atoms with Crippen LogP contribution in [0, 0.1) is 6.92 Å². The van der Waals surface area contributed by atoms with Crippen LogP contribution in [0.1, 0.15) is 5.56 Å². The van der Waals surface area contributed by atoms with Gasteiger partial charge in [-0.3, -0.25) is 10.4 Å². The van der Waals surface area contributed by atoms with Crippen LogP contribution >= 0.6 is 0 Å². The van der Waals surface area contributed by atoms with Crippen molar-refractivity contribution >= 4 is 23.4 Å². The minimum absolute atomic E-state index is 0.422. The molecule has 0 saturated heterocycles. The highest BCUT2D eigenvalue weighted by Gasteiger charge is 2.10. The van der Waals surface area contributed by atoms with Gasteiger partial charge in [0.1, 0.15) is 0 Å². The number of carbonyl (C=O) groups excluding carboxylic acids is 2. The first-order chi connectivity index (χ1) is 8.81. The van der Waals surface area contributed by atoms with E-state index in [4.69, 9.17) is 10.4 Å². The molecule has 1 aromatic carbocycles. The van der Waals surface area contributed by atoms with Gasteiger partial charge < -0.3 is 10.6 Å². The number of nitrogens with zero attached hydrogens (tertiary/aromatic N) is 2. The highest BCUT2D eigenvalue weighted by molar-refractivity contribution is 5.91. The van der Waals surface area contributed by atoms with Gasteiger partial charge in [0.05, 0.1) is 0 Å². The second kappa shape index (κ2) is 6.03. The Bertz CT molecular complexity index is 488. The number of rotatable bonds is 2. The van der Waals surface area contributed by atoms with Crippen molar-refractivity contribution in [2.24, 2.45) is 0 Å². The monoisotopic (exact) mass is 268 g/mol. The third kappa shape index (κ3) is 4.12. The Morgan fingerprint density at radius 1 is 1.05 bits per heavy atom. The van der Waals surface area contributed by atoms with E-state index in [9.17, 15) is 9.59 Å². The van der Waals surface area contributed by atoms with E-state index in [2.05, 4.69) is 10.6 Å². The van der Waals surface area contributed by atoms with Gasteiger partial charge in [-0.15, -0.1) is 0 Å². The van der Waals surface area contributed by atoms with Crippen LogP contribution in [0.3, 0.4) is 0 Å². The Hall–Kier alpha value is -2.32. The predicted octanol–water partition coefficient (Wildman–Crippen LogP) is 1.70. The molecule has 4 amide bonds. The van der Waals surface area contributed by atoms with Crippen LogP contribution in [0.15, 0.2) is 18.2 Å². The van der Waals surface area contributed by atoms with Crippen molar-refractivity contribution in [1.29, 1.82) is 0 Å². The Kier molecular flexibility index (Phi) is 4.67. The number of urea groups is 2. The summed E-state index contributed by atoms with van der Waals surface area (Å²) in [6, 6.07) is 3.40. The normalized spacial score (nSPS) is 9.74. The van der Waals surface area contributed by atoms with Gasteiger partial charge in [0, 0.05) is 25.5 Å². The van der Waals surface area contributed by atoms with Gasteiger partial charge in [-0.1, -0.05) is 0 Å². The van der Waals surface area contributed by atoms with Crippen molar-refractivity contribution in [3.8, 4) is 0 Å². The van der Waals surface area contributed by atoms with Gasteiger partial charge in [-0.25, -0.2) is 19.7 Å². The molecule has 0 saturated carbocycles. The standard InChI is InChI=1S/C11H16N4O4/c1-7-6-8(12-10(16)14(2)18)4-5-9(7)13-11(17)15(3)19/h4-6,18-19H,1-3H3,(H,12,16)(H,13,17). The summed E-state index contributed by atoms with van der Waals surface area (Å²) < 4.78 is 0. The average molecular weight is 268 g/mol. The number of amides is 4. The SMILES string of the molecule is Cc1cc(NC(=O)N(C)O)ccc1NC(=O)N(C)O. The molecule has 0 aliphatic carbocycles. The van der Waals surface area contributed by atoms with Crippen LogP contribution in [0.4, 0.5) is 21.0 Å². The second-order valence-electron chi connectivity index (χ2n) is 3.94. The zero-order valence-corrected chi connectivity index (χ0v) is 10.8. The lowest BCUT2D eigenvalue weighted by molar-refractivity contribution is -0.0119. The van der Waals surface area contributed by atoms with E-state index in [1.807, 2.05) is 0 Å². The molecule has 0 aromatic heterocycles. The smallest absolute Gasteiger partial charge is 0.306 e. The van der Waals surface area contributed by atoms with Gasteiger partial charge in [-0.2, -0.15) is 0 Å². The number of hydroxylamine groups is 4. The van der Waals surface area contributed by atoms with Crippen molar-refractivity contribution in [2.75, 3.05) is 24.7 Å². The summed E-state index contributed by atoms with van der Waals surface area (Å²) in [6.07, 6.45) is 0. The molecule has 8 heteroatoms. The summed E-state index contributed by atoms with van der Waals surface area (Å²) in [7, 11) is 2.41. The van der Waals surface area contributed by atoms with Crippen LogP contribution in [0.2, 0.25) is 0 Å². The first-order valence-electron chi connectivity index (χ1n) is 5.39. The van der Waals surface area contributed by atoms with Crippen molar-refractivity contribution in [2.45, 2.75) is 6.92 Å². The van der Waals surface area contributed by atoms with Crippen molar-refractivity contribution in [1.82, 2.24) is 10.1 Å². The summed E-state index contributed by atoms with van der Waals surface area (Å²) in [4.78, 5) is 22.5. The molecule has 104 valence electrons. The molecule has 0 unspecified atom stereocenters. The third-order valence-electron chi connectivity index (χ3n) is 2.31. The Balaban J connectivity index is 2.80. The fourth-order valence-corrected chi connectivity index (χ4v) is 1.28. The Labute approximate surface area is 110 Å². The van der Waals surface area contributed by atoms with Crippen LogP contribution < -0.4 is 10.6 Å². The van der Waals surface area contributed by atoms with Gasteiger partial charge >= 0.3 is 12.1 Å². The molecular weight excluding hydrogens is 252 g/mol. The van der Waals surface area contributed by atoms with Crippen molar-refractivity contribution in [3.05, 3.63) is 23.8 Å². The molecule has 19 heavy (non-hydrogen) atoms. The number of carbonyl (C=O) groups is 2. The molecule has 0 aliphatic heterocycles. The van der Waals surface area contributed by atoms with Crippen molar-refractivity contribution in [3.63, 3.8) is 0 Å². The second-order valence-corrected chi connectivity index (χ2v) is 3.94. The number of hydrogen-bond acceptors (Lipinski definition) is 4. The molecule has 0 radical (unpaired) electrons. The molecular formula is C11H16N4O4. The van der Waals surface area contributed by atoms with E-state index in [1.165, 1.54) is 14.1 Å². The highest BCUT2D eigenvalue weighted by Crippen LogP contribution is 2.20. The molecule has 1 aromatic rings. The molecule has 0 bridgehead atoms. The highest BCUT2D eigenvalue weighted by atomic mass is 16.5. The minimum atomic E-state index is -0.675. The number of anilines is 2. The van der Waals surface area contributed by atoms with Gasteiger partial charge in [0.25, 0.3) is 0 Å². The van der Waals surface area contributed by atoms with Crippen LogP contribution in [0.25, 0.3) is 0 Å². The molecule has 4 N–H and O–H groups in total. The maximum Gasteiger partial charge on any atom is 0.345 e. The van der Waals surface area contributed by atoms with Gasteiger partial charge in [0.2, 0.25) is 0 Å². The molecule has 1 rings (SSSR count). The predicted molar refractivity (Wildman–Crippen MR) is 68.3 cm³/mol. The summed E-state index contributed by atoms with van der Waals surface area (Å²) in [5, 5.41) is 23.6. The summed E-state index contributed by atoms with van der Waals surface area (Å²) in [5.41, 5.74) is 1.66. The Morgan fingerprint density at radius 3 is 2.05 bits per heavy atom. The van der Waals surface area contributed by atoms with E-state index < -0.39 is 12.1 Å². The Morgan fingerprint density at radius 2 is 1.58 bits per heavy atom. The average Bonchev–Trinajstić information content (AvgIpc) is 2.32. The molecule has 0 heterocycles. The van der Waals surface area contributed by atoms with Crippen LogP contribution in [-0.2, 0) is 0 Å². The van der Waals surface area contributed by atoms with E-state index in [0.717, 1.165) is 0 Å². The maximum absolute atomic E-state index is 11.3. The minimum Gasteiger partial charge on any atom is -0.306 e. The molecule has 0 spiro atoms. The number of aryl methyl sites for hydroxylation is 1. The number of benzene rings is 1. The number of hydrogen-bond donors (Lipinski definition) is 4. The zero-order chi connectivity index (χ0) is 14.6. The van der Waals surface area contributed by atoms with E-state index in [1.54, 1.807) is 25.1 Å². The van der Waals surface area contributed by atoms with Crippen LogP contribution in [-0.4, -0.2) is 46.7 Å². The fraction of sp³-hybridized carbons (Fsp3) is 0.273. The first kappa shape index (κ1) is 14.7. The number of nitrogens with one attached hydrogen (secondary N) is 2. The quantitative estimate of drug-likeness (QED) is 0.484. The lowest BCUT2D eigenvalue weighted by Crippen LogP contribution is -2.29. The van der Waals surface area contributed by atoms with Gasteiger partial charge in [0.15, 0.2) is 0 Å². The molecule has 0 aliphatic rings. The molecule has 0 atom stereocenters. The van der Waals surface area contributed by atoms with Gasteiger partial charge in [-0.05, 0) is 30.7 Å². The lowest BCUT2D eigenvalue weighted by Gasteiger charge is -2.14. The summed E-state index contributed by atoms with van der Waals surface area (Å²) in [5.74, 6) is 0. The molecule has 8 nitrogen and oxygen atoms in total. The van der Waals surface area contributed by atoms with E-state index >= 15 is 0 Å². The third-order valence-corrected chi connectivity index (χ3v) is 2.31. The largest absolute Gasteiger partial charge is 0.345 e. The summed E-state index contributed by atoms with van der Waals surface area (Å²) >= 11 is 0. The van der Waals surface area contributed by atoms with Crippen LogP contribution in [0.5, 0.6) is 0 Å². The topological polar surface area (TPSA) is 105 Å². The zero-order valence-electron chi connectivity index (χ0n) is 10.8. The summed E-state index contributed by atoms with van der Waals surface area (Å²) in [6.45, 7) is 1.73. The first-order valence-corrected chi connectivity index (χ1v) is 5.39. The fourth-order valence-electron chi connectivity index (χ4n) is 1.28. The lowest BCUT2D eigenvalue weighted by atomic mass is 10.2. The maximum atomic E-state index is 11.3. The van der Waals surface area contributed by atoms with E-state index in [0.29, 0.717) is 27.1 Å². The van der Waals surface area contributed by atoms with E-state index in [-0.39, 0.29) is 0 Å².